The van der Waals surface area contributed by atoms with Crippen LogP contribution >= 0.6 is 11.8 Å². The van der Waals surface area contributed by atoms with Crippen LogP contribution in [0, 0.1) is 0 Å². The molecule has 3 N–H and O–H groups in total. The number of aromatic amines is 1. The zero-order chi connectivity index (χ0) is 11.4. The molecule has 2 aromatic heterocycles. The van der Waals surface area contributed by atoms with Crippen LogP contribution < -0.4 is 5.73 Å². The third kappa shape index (κ3) is 2.44. The Morgan fingerprint density at radius 3 is 3.00 bits per heavy atom. The summed E-state index contributed by atoms with van der Waals surface area (Å²) >= 11 is 1.70. The van der Waals surface area contributed by atoms with Gasteiger partial charge < -0.3 is 10.7 Å². The number of rotatable bonds is 5. The van der Waals surface area contributed by atoms with E-state index in [1.165, 1.54) is 25.6 Å². The van der Waals surface area contributed by atoms with Gasteiger partial charge in [-0.25, -0.2) is 15.0 Å². The van der Waals surface area contributed by atoms with E-state index in [9.17, 15) is 0 Å². The fourth-order valence-electron chi connectivity index (χ4n) is 1.41. The Kier molecular flexibility index (Phi) is 3.61. The second-order valence-electron chi connectivity index (χ2n) is 3.55. The summed E-state index contributed by atoms with van der Waals surface area (Å²) in [5.74, 6) is 1.50. The van der Waals surface area contributed by atoms with Crippen molar-refractivity contribution in [3.05, 3.63) is 6.33 Å². The van der Waals surface area contributed by atoms with Crippen LogP contribution in [0.2, 0.25) is 0 Å². The average molecular weight is 237 g/mol. The van der Waals surface area contributed by atoms with E-state index in [0.717, 1.165) is 10.9 Å². The van der Waals surface area contributed by atoms with Gasteiger partial charge in [0, 0.05) is 5.75 Å². The molecule has 0 fully saturated rings. The van der Waals surface area contributed by atoms with Crippen LogP contribution in [-0.2, 0) is 0 Å². The number of nitrogen functional groups attached to an aromatic ring is 1. The first-order valence-electron chi connectivity index (χ1n) is 5.40. The lowest BCUT2D eigenvalue weighted by molar-refractivity contribution is 0.777. The number of unbranched alkanes of at least 4 members (excludes halogenated alkanes) is 2. The Morgan fingerprint density at radius 1 is 1.38 bits per heavy atom. The van der Waals surface area contributed by atoms with Gasteiger partial charge in [0.05, 0.1) is 0 Å². The summed E-state index contributed by atoms with van der Waals surface area (Å²) in [6.07, 6.45) is 5.15. The van der Waals surface area contributed by atoms with Crippen LogP contribution in [0.5, 0.6) is 0 Å². The number of imidazole rings is 1. The number of anilines is 1. The third-order valence-electron chi connectivity index (χ3n) is 2.28. The molecule has 0 amide bonds. The van der Waals surface area contributed by atoms with Gasteiger partial charge in [0.2, 0.25) is 0 Å². The van der Waals surface area contributed by atoms with Gasteiger partial charge in [-0.3, -0.25) is 0 Å². The van der Waals surface area contributed by atoms with Gasteiger partial charge in [0.1, 0.15) is 6.33 Å². The normalized spacial score (nSPS) is 11.1. The Morgan fingerprint density at radius 2 is 2.25 bits per heavy atom. The zero-order valence-corrected chi connectivity index (χ0v) is 10.0. The molecule has 0 saturated heterocycles. The van der Waals surface area contributed by atoms with E-state index in [0.29, 0.717) is 17.0 Å². The first kappa shape index (κ1) is 11.2. The van der Waals surface area contributed by atoms with E-state index in [1.54, 1.807) is 11.8 Å². The fraction of sp³-hybridized carbons (Fsp3) is 0.500. The Labute approximate surface area is 98.3 Å². The van der Waals surface area contributed by atoms with E-state index in [4.69, 9.17) is 5.73 Å². The maximum Gasteiger partial charge on any atom is 0.167 e. The summed E-state index contributed by atoms with van der Waals surface area (Å²) in [4.78, 5) is 15.5. The molecule has 5 nitrogen and oxygen atoms in total. The molecule has 0 aliphatic rings. The molecule has 2 heterocycles. The molecule has 0 atom stereocenters. The van der Waals surface area contributed by atoms with E-state index in [1.807, 2.05) is 0 Å². The minimum atomic E-state index is 0.432. The molecule has 0 unspecified atom stereocenters. The highest BCUT2D eigenvalue weighted by Crippen LogP contribution is 2.21. The van der Waals surface area contributed by atoms with E-state index >= 15 is 0 Å². The fourth-order valence-corrected chi connectivity index (χ4v) is 2.28. The van der Waals surface area contributed by atoms with Gasteiger partial charge in [-0.1, -0.05) is 31.5 Å². The first-order chi connectivity index (χ1) is 7.81. The molecule has 0 radical (unpaired) electrons. The lowest BCUT2D eigenvalue weighted by atomic mass is 10.3. The summed E-state index contributed by atoms with van der Waals surface area (Å²) < 4.78 is 0. The van der Waals surface area contributed by atoms with Crippen LogP contribution in [0.3, 0.4) is 0 Å². The van der Waals surface area contributed by atoms with Crippen molar-refractivity contribution in [3.8, 4) is 0 Å². The Balaban J connectivity index is 2.05. The van der Waals surface area contributed by atoms with E-state index in [-0.39, 0.29) is 0 Å². The maximum absolute atomic E-state index is 5.70. The van der Waals surface area contributed by atoms with Crippen LogP contribution in [0.25, 0.3) is 11.2 Å². The lowest BCUT2D eigenvalue weighted by Gasteiger charge is -1.95. The second kappa shape index (κ2) is 5.16. The van der Waals surface area contributed by atoms with Crippen molar-refractivity contribution >= 4 is 28.7 Å². The summed E-state index contributed by atoms with van der Waals surface area (Å²) in [5, 5.41) is 0.873. The van der Waals surface area contributed by atoms with Gasteiger partial charge in [-0.2, -0.15) is 0 Å². The molecule has 0 bridgehead atoms. The van der Waals surface area contributed by atoms with Crippen molar-refractivity contribution in [2.45, 2.75) is 31.3 Å². The molecule has 86 valence electrons. The van der Waals surface area contributed by atoms with Crippen molar-refractivity contribution in [3.63, 3.8) is 0 Å². The zero-order valence-electron chi connectivity index (χ0n) is 9.23. The molecule has 2 rings (SSSR count). The summed E-state index contributed by atoms with van der Waals surface area (Å²) in [6, 6.07) is 0. The molecule has 0 spiro atoms. The average Bonchev–Trinajstić information content (AvgIpc) is 2.69. The van der Waals surface area contributed by atoms with Gasteiger partial charge in [0.25, 0.3) is 0 Å². The highest BCUT2D eigenvalue weighted by molar-refractivity contribution is 7.99. The topological polar surface area (TPSA) is 80.5 Å². The number of hydrogen-bond acceptors (Lipinski definition) is 5. The summed E-state index contributed by atoms with van der Waals surface area (Å²) in [6.45, 7) is 2.20. The molecule has 2 aromatic rings. The third-order valence-corrected chi connectivity index (χ3v) is 3.24. The van der Waals surface area contributed by atoms with Crippen molar-refractivity contribution in [2.75, 3.05) is 11.5 Å². The molecule has 0 aliphatic carbocycles. The highest BCUT2D eigenvalue weighted by atomic mass is 32.2. The SMILES string of the molecule is CCCCCSc1nc2c(N)ncnc2[nH]1. The molecule has 6 heteroatoms. The number of thioether (sulfide) groups is 1. The van der Waals surface area contributed by atoms with E-state index < -0.39 is 0 Å². The van der Waals surface area contributed by atoms with Crippen molar-refractivity contribution in [1.82, 2.24) is 19.9 Å². The lowest BCUT2D eigenvalue weighted by Crippen LogP contribution is -1.91. The number of nitrogens with zero attached hydrogens (tertiary/aromatic N) is 3. The number of H-pyrrole nitrogens is 1. The predicted molar refractivity (Wildman–Crippen MR) is 66.3 cm³/mol. The van der Waals surface area contributed by atoms with Gasteiger partial charge in [-0.15, -0.1) is 0 Å². The number of nitrogens with two attached hydrogens (primary N) is 1. The molecular formula is C10H15N5S. The quantitative estimate of drug-likeness (QED) is 0.615. The monoisotopic (exact) mass is 237 g/mol. The molecule has 16 heavy (non-hydrogen) atoms. The first-order valence-corrected chi connectivity index (χ1v) is 6.39. The van der Waals surface area contributed by atoms with Gasteiger partial charge in [-0.05, 0) is 6.42 Å². The minimum Gasteiger partial charge on any atom is -0.382 e. The smallest absolute Gasteiger partial charge is 0.167 e. The van der Waals surface area contributed by atoms with Crippen LogP contribution in [-0.4, -0.2) is 25.7 Å². The molecular weight excluding hydrogens is 222 g/mol. The largest absolute Gasteiger partial charge is 0.382 e. The molecule has 0 saturated carbocycles. The summed E-state index contributed by atoms with van der Waals surface area (Å²) in [5.41, 5.74) is 7.08. The number of nitrogens with one attached hydrogen (secondary N) is 1. The van der Waals surface area contributed by atoms with Crippen molar-refractivity contribution in [2.24, 2.45) is 0 Å². The van der Waals surface area contributed by atoms with Crippen LogP contribution in [0.1, 0.15) is 26.2 Å². The van der Waals surface area contributed by atoms with Crippen molar-refractivity contribution < 1.29 is 0 Å². The number of hydrogen-bond donors (Lipinski definition) is 2. The van der Waals surface area contributed by atoms with Gasteiger partial charge >= 0.3 is 0 Å². The second-order valence-corrected chi connectivity index (χ2v) is 4.64. The van der Waals surface area contributed by atoms with Gasteiger partial charge in [0.15, 0.2) is 22.1 Å². The Bertz CT molecular complexity index is 467. The van der Waals surface area contributed by atoms with Crippen LogP contribution in [0.15, 0.2) is 11.5 Å². The standard InChI is InChI=1S/C10H15N5S/c1-2-3-4-5-16-10-14-7-8(11)12-6-13-9(7)15-10/h6H,2-5H2,1H3,(H3,11,12,13,14,15). The van der Waals surface area contributed by atoms with Crippen LogP contribution in [0.4, 0.5) is 5.82 Å². The highest BCUT2D eigenvalue weighted by Gasteiger charge is 2.07. The van der Waals surface area contributed by atoms with Crippen molar-refractivity contribution in [1.29, 1.82) is 0 Å². The Hall–Kier alpha value is -1.30. The number of fused-ring (bicyclic) bond motifs is 1. The molecule has 0 aromatic carbocycles. The summed E-state index contributed by atoms with van der Waals surface area (Å²) in [7, 11) is 0. The maximum atomic E-state index is 5.70. The van der Waals surface area contributed by atoms with E-state index in [2.05, 4.69) is 26.9 Å². The number of aromatic nitrogens is 4. The predicted octanol–water partition coefficient (Wildman–Crippen LogP) is 2.22. The minimum absolute atomic E-state index is 0.432. The molecule has 0 aliphatic heterocycles.